The second-order valence-electron chi connectivity index (χ2n) is 3.79. The van der Waals surface area contributed by atoms with E-state index in [1.807, 2.05) is 0 Å². The van der Waals surface area contributed by atoms with Crippen LogP contribution in [0.1, 0.15) is 25.7 Å². The molecule has 0 aromatic rings. The van der Waals surface area contributed by atoms with Gasteiger partial charge in [0.05, 0.1) is 25.7 Å². The molecule has 1 atom stereocenters. The Morgan fingerprint density at radius 2 is 0.833 bits per heavy atom. The number of aliphatic carboxylic acids is 4. The van der Waals surface area contributed by atoms with Crippen LogP contribution in [0, 0.1) is 0 Å². The van der Waals surface area contributed by atoms with E-state index in [-0.39, 0.29) is 114 Å². The minimum atomic E-state index is -1.08. The summed E-state index contributed by atoms with van der Waals surface area (Å²) in [6.07, 6.45) is -1.19. The van der Waals surface area contributed by atoms with E-state index >= 15 is 0 Å². The first-order valence-electron chi connectivity index (χ1n) is 5.85. The molecule has 14 heteroatoms. The predicted octanol–water partition coefficient (Wildman–Crippen LogP) is -3.68. The number of hydrogen-bond donors (Lipinski definition) is 6. The van der Waals surface area contributed by atoms with E-state index in [1.165, 1.54) is 0 Å². The molecule has 0 fully saturated rings. The van der Waals surface area contributed by atoms with Gasteiger partial charge in [-0.05, 0) is 0 Å². The second-order valence-corrected chi connectivity index (χ2v) is 5.27. The Hall–Kier alpha value is 1.80. The molecule has 0 rings (SSSR count). The molecule has 24 heavy (non-hydrogen) atoms. The predicted molar refractivity (Wildman–Crippen MR) is 93.2 cm³/mol. The summed E-state index contributed by atoms with van der Waals surface area (Å²) in [6, 6.07) is 0. The standard InChI is InChI=1S/2C4H6O4.C2H7N2.4Na.3H/c2*5-3(6)1-2-4(7)8;3-1-2-4;;;;;;;/h2*1-2H2,(H,5,6)(H,7,8);1H,2-4H2;;;;;;;. The van der Waals surface area contributed by atoms with Gasteiger partial charge in [-0.15, -0.1) is 0 Å². The van der Waals surface area contributed by atoms with E-state index in [1.54, 1.807) is 0 Å². The Kier molecular flexibility index (Phi) is 49.9. The average Bonchev–Trinajstić information content (AvgIpc) is 2.35. The topological polar surface area (TPSA) is 201 Å². The summed E-state index contributed by atoms with van der Waals surface area (Å²) in [5, 5.41) is 31.6. The monoisotopic (exact) mass is 390 g/mol. The molecule has 0 aliphatic rings. The van der Waals surface area contributed by atoms with Crippen LogP contribution < -0.4 is 11.5 Å². The van der Waals surface area contributed by atoms with E-state index in [9.17, 15) is 19.2 Å². The quantitative estimate of drug-likeness (QED) is 0.235. The van der Waals surface area contributed by atoms with Gasteiger partial charge in [0, 0.05) is 0 Å². The number of nitrogens with two attached hydrogens (primary N) is 2. The molecule has 8 N–H and O–H groups in total. The Labute approximate surface area is 223 Å². The van der Waals surface area contributed by atoms with E-state index in [0.717, 1.165) is 27.9 Å². The van der Waals surface area contributed by atoms with Crippen molar-refractivity contribution in [2.75, 3.05) is 6.54 Å². The maximum absolute atomic E-state index is 9.64. The van der Waals surface area contributed by atoms with Crippen molar-refractivity contribution in [1.29, 1.82) is 0 Å². The summed E-state index contributed by atoms with van der Waals surface area (Å²) in [4.78, 5) is 38.6. The fraction of sp³-hybridized carbons (Fsp3) is 0.600. The van der Waals surface area contributed by atoms with Crippen molar-refractivity contribution in [3.05, 3.63) is 0 Å². The van der Waals surface area contributed by atoms with Gasteiger partial charge in [-0.3, -0.25) is 19.2 Å². The molecule has 1 unspecified atom stereocenters. The zero-order valence-corrected chi connectivity index (χ0v) is 13.7. The normalized spacial score (nSPS) is 8.83. The van der Waals surface area contributed by atoms with Crippen LogP contribution in [0.15, 0.2) is 0 Å². The van der Waals surface area contributed by atoms with Crippen molar-refractivity contribution in [2.24, 2.45) is 11.5 Å². The number of carbonyl (C=O) groups is 4. The molecule has 10 nitrogen and oxygen atoms in total. The molecule has 0 heterocycles. The van der Waals surface area contributed by atoms with Gasteiger partial charge in [0.15, 0.2) is 0 Å². The van der Waals surface area contributed by atoms with E-state index in [4.69, 9.17) is 31.9 Å². The molecular weight excluding hydrogens is 368 g/mol. The van der Waals surface area contributed by atoms with Crippen LogP contribution in [0.5, 0.6) is 0 Å². The van der Waals surface area contributed by atoms with Crippen LogP contribution in [0.25, 0.3) is 0 Å². The summed E-state index contributed by atoms with van der Waals surface area (Å²) < 4.78 is 0.301. The molecule has 0 saturated heterocycles. The van der Waals surface area contributed by atoms with Crippen molar-refractivity contribution in [3.63, 3.8) is 0 Å². The van der Waals surface area contributed by atoms with E-state index < -0.39 is 23.9 Å². The first-order valence-corrected chi connectivity index (χ1v) is 7.01. The van der Waals surface area contributed by atoms with Crippen LogP contribution in [-0.2, 0) is 19.2 Å². The molecule has 0 bridgehead atoms. The third-order valence-corrected chi connectivity index (χ3v) is 1.95. The Morgan fingerprint density at radius 3 is 0.875 bits per heavy atom. The van der Waals surface area contributed by atoms with Crippen LogP contribution in [0.2, 0.25) is 0 Å². The van der Waals surface area contributed by atoms with Gasteiger partial charge in [-0.1, -0.05) is 0 Å². The van der Waals surface area contributed by atoms with Crippen LogP contribution in [0.3, 0.4) is 0 Å². The molecule has 0 radical (unpaired) electrons. The van der Waals surface area contributed by atoms with Crippen molar-refractivity contribution in [2.45, 2.75) is 29.0 Å². The van der Waals surface area contributed by atoms with Crippen molar-refractivity contribution in [3.8, 4) is 0 Å². The molecule has 124 valence electrons. The second kappa shape index (κ2) is 29.6. The summed E-state index contributed by atoms with van der Waals surface area (Å²) >= 11 is 1.02. The molecule has 0 aromatic heterocycles. The Bertz CT molecular complexity index is 289. The van der Waals surface area contributed by atoms with Gasteiger partial charge in [-0.25, -0.2) is 0 Å². The maximum atomic E-state index is 9.64. The van der Waals surface area contributed by atoms with Crippen molar-refractivity contribution < 1.29 is 39.6 Å². The SMILES string of the molecule is NC[CH](N)[Na].O=C(O)CCC(=O)O.O=C(O)CCC(=O)O.[NaH].[NaH].[NaH]. The summed E-state index contributed by atoms with van der Waals surface area (Å²) in [6.45, 7) is 0.645. The summed E-state index contributed by atoms with van der Waals surface area (Å²) in [5.41, 5.74) is 10.3. The minimum absolute atomic E-state index is 0. The average molecular weight is 390 g/mol. The molecule has 0 aliphatic heterocycles. The van der Waals surface area contributed by atoms with Gasteiger partial charge in [0.2, 0.25) is 0 Å². The zero-order chi connectivity index (χ0) is 17.4. The first kappa shape index (κ1) is 40.5. The molecular formula is C10H22N2Na4O8. The van der Waals surface area contributed by atoms with Crippen LogP contribution in [0.4, 0.5) is 0 Å². The summed E-state index contributed by atoms with van der Waals surface area (Å²) in [5.74, 6) is -4.31. The van der Waals surface area contributed by atoms with Gasteiger partial charge in [-0.2, -0.15) is 0 Å². The van der Waals surface area contributed by atoms with E-state index in [0.29, 0.717) is 9.84 Å². The van der Waals surface area contributed by atoms with Crippen molar-refractivity contribution >= 4 is 140 Å². The fourth-order valence-electron chi connectivity index (χ4n) is 0.428. The molecule has 0 aromatic carbocycles. The van der Waals surface area contributed by atoms with Crippen LogP contribution >= 0.6 is 0 Å². The fourth-order valence-corrected chi connectivity index (χ4v) is 0.428. The Balaban J connectivity index is -0.0000000488. The molecule has 0 saturated carbocycles. The first-order chi connectivity index (χ1) is 9.52. The summed E-state index contributed by atoms with van der Waals surface area (Å²) in [7, 11) is 0. The number of rotatable bonds is 7. The number of carboxylic acid groups (broad SMARTS) is 4. The molecule has 0 spiro atoms. The van der Waals surface area contributed by atoms with Gasteiger partial charge in [0.25, 0.3) is 0 Å². The van der Waals surface area contributed by atoms with Crippen molar-refractivity contribution in [1.82, 2.24) is 0 Å². The Morgan fingerprint density at radius 1 is 0.708 bits per heavy atom. The third-order valence-electron chi connectivity index (χ3n) is 1.48. The van der Waals surface area contributed by atoms with Gasteiger partial charge < -0.3 is 20.4 Å². The third kappa shape index (κ3) is 65.0. The molecule has 0 aliphatic carbocycles. The van der Waals surface area contributed by atoms with Gasteiger partial charge in [0.1, 0.15) is 0 Å². The zero-order valence-electron chi connectivity index (χ0n) is 11.7. The van der Waals surface area contributed by atoms with Gasteiger partial charge >= 0.3 is 162 Å². The number of carboxylic acids is 4. The number of hydrogen-bond acceptors (Lipinski definition) is 6. The van der Waals surface area contributed by atoms with Crippen LogP contribution in [-0.4, -0.2) is 171 Å². The van der Waals surface area contributed by atoms with E-state index in [2.05, 4.69) is 0 Å². The molecule has 0 amide bonds.